The maximum absolute atomic E-state index is 10.9. The molecule has 2 unspecified atom stereocenters. The van der Waals surface area contributed by atoms with Gasteiger partial charge in [0.2, 0.25) is 5.91 Å². The molecule has 0 aromatic heterocycles. The van der Waals surface area contributed by atoms with E-state index in [1.807, 2.05) is 0 Å². The number of carboxylic acids is 1. The molecule has 0 saturated carbocycles. The highest BCUT2D eigenvalue weighted by molar-refractivity contribution is 5.80. The predicted molar refractivity (Wildman–Crippen MR) is 61.7 cm³/mol. The molecule has 0 radical (unpaired) electrons. The largest absolute Gasteiger partial charge is 0.482 e. The zero-order valence-electron chi connectivity index (χ0n) is 9.45. The lowest BCUT2D eigenvalue weighted by atomic mass is 10.0. The molecule has 0 aliphatic rings. The number of ether oxygens (including phenoxy) is 1. The minimum Gasteiger partial charge on any atom is -0.482 e. The van der Waals surface area contributed by atoms with Crippen molar-refractivity contribution in [2.24, 2.45) is 11.5 Å². The number of rotatable bonds is 6. The molecule has 0 aliphatic heterocycles. The van der Waals surface area contributed by atoms with Crippen molar-refractivity contribution in [2.75, 3.05) is 6.61 Å². The molecule has 1 aromatic rings. The highest BCUT2D eigenvalue weighted by atomic mass is 16.5. The average Bonchev–Trinajstić information content (AvgIpc) is 2.34. The third-order valence-electron chi connectivity index (χ3n) is 2.26. The molecule has 1 amide bonds. The zero-order valence-corrected chi connectivity index (χ0v) is 9.45. The highest BCUT2D eigenvalue weighted by Crippen LogP contribution is 2.26. The smallest absolute Gasteiger partial charge is 0.341 e. The molecule has 98 valence electrons. The van der Waals surface area contributed by atoms with Crippen LogP contribution in [-0.4, -0.2) is 34.7 Å². The molecule has 0 aliphatic carbocycles. The molecule has 18 heavy (non-hydrogen) atoms. The van der Waals surface area contributed by atoms with Gasteiger partial charge in [0.05, 0.1) is 0 Å². The van der Waals surface area contributed by atoms with Crippen molar-refractivity contribution in [1.29, 1.82) is 0 Å². The number of aliphatic hydroxyl groups excluding tert-OH is 1. The van der Waals surface area contributed by atoms with E-state index in [0.29, 0.717) is 0 Å². The number of aliphatic carboxylic acids is 1. The normalized spacial score (nSPS) is 13.7. The van der Waals surface area contributed by atoms with Crippen LogP contribution in [0.25, 0.3) is 0 Å². The molecule has 0 bridgehead atoms. The fourth-order valence-corrected chi connectivity index (χ4v) is 1.34. The average molecular weight is 254 g/mol. The monoisotopic (exact) mass is 254 g/mol. The number of hydrogen-bond acceptors (Lipinski definition) is 5. The van der Waals surface area contributed by atoms with Crippen LogP contribution in [0.2, 0.25) is 0 Å². The van der Waals surface area contributed by atoms with E-state index in [4.69, 9.17) is 21.3 Å². The van der Waals surface area contributed by atoms with Crippen molar-refractivity contribution < 1.29 is 24.5 Å². The van der Waals surface area contributed by atoms with Gasteiger partial charge in [0.1, 0.15) is 17.9 Å². The number of nitrogens with two attached hydrogens (primary N) is 2. The van der Waals surface area contributed by atoms with Gasteiger partial charge in [-0.1, -0.05) is 18.2 Å². The Morgan fingerprint density at radius 3 is 2.50 bits per heavy atom. The maximum Gasteiger partial charge on any atom is 0.341 e. The summed E-state index contributed by atoms with van der Waals surface area (Å²) < 4.78 is 4.98. The number of hydrogen-bond donors (Lipinski definition) is 4. The first kappa shape index (κ1) is 13.9. The maximum atomic E-state index is 10.9. The van der Waals surface area contributed by atoms with Crippen LogP contribution < -0.4 is 16.2 Å². The van der Waals surface area contributed by atoms with Gasteiger partial charge in [-0.25, -0.2) is 4.79 Å². The van der Waals surface area contributed by atoms with E-state index in [9.17, 15) is 14.7 Å². The minimum atomic E-state index is -1.35. The predicted octanol–water partition coefficient (Wildman–Crippen LogP) is -1.00. The van der Waals surface area contributed by atoms with E-state index < -0.39 is 30.6 Å². The van der Waals surface area contributed by atoms with Crippen LogP contribution in [0.1, 0.15) is 11.7 Å². The quantitative estimate of drug-likeness (QED) is 0.514. The lowest BCUT2D eigenvalue weighted by molar-refractivity contribution is -0.139. The Morgan fingerprint density at radius 1 is 1.33 bits per heavy atom. The van der Waals surface area contributed by atoms with Crippen LogP contribution in [-0.2, 0) is 9.59 Å². The summed E-state index contributed by atoms with van der Waals surface area (Å²) in [5.74, 6) is -1.88. The van der Waals surface area contributed by atoms with Crippen LogP contribution in [0.4, 0.5) is 0 Å². The van der Waals surface area contributed by atoms with Crippen molar-refractivity contribution in [1.82, 2.24) is 0 Å². The Morgan fingerprint density at radius 2 is 1.94 bits per heavy atom. The van der Waals surface area contributed by atoms with E-state index >= 15 is 0 Å². The first-order chi connectivity index (χ1) is 8.43. The number of benzene rings is 1. The Balaban J connectivity index is 2.93. The Bertz CT molecular complexity index is 449. The number of para-hydroxylation sites is 1. The fourth-order valence-electron chi connectivity index (χ4n) is 1.34. The van der Waals surface area contributed by atoms with E-state index in [1.165, 1.54) is 12.1 Å². The van der Waals surface area contributed by atoms with Gasteiger partial charge in [0, 0.05) is 5.56 Å². The van der Waals surface area contributed by atoms with Gasteiger partial charge in [0.15, 0.2) is 6.61 Å². The molecular weight excluding hydrogens is 240 g/mol. The zero-order chi connectivity index (χ0) is 13.7. The van der Waals surface area contributed by atoms with Crippen LogP contribution in [0.5, 0.6) is 5.75 Å². The van der Waals surface area contributed by atoms with E-state index in [2.05, 4.69) is 0 Å². The first-order valence-corrected chi connectivity index (χ1v) is 5.10. The topological polar surface area (TPSA) is 136 Å². The molecule has 0 saturated heterocycles. The second kappa shape index (κ2) is 5.99. The molecule has 0 spiro atoms. The summed E-state index contributed by atoms with van der Waals surface area (Å²) in [6, 6.07) is 4.85. The molecule has 0 fully saturated rings. The summed E-state index contributed by atoms with van der Waals surface area (Å²) in [5, 5.41) is 18.4. The molecule has 2 atom stereocenters. The van der Waals surface area contributed by atoms with E-state index in [1.54, 1.807) is 12.1 Å². The van der Waals surface area contributed by atoms with Gasteiger partial charge in [0.25, 0.3) is 0 Å². The summed E-state index contributed by atoms with van der Waals surface area (Å²) in [5.41, 5.74) is 10.6. The summed E-state index contributed by atoms with van der Waals surface area (Å²) >= 11 is 0. The van der Waals surface area contributed by atoms with Crippen molar-refractivity contribution in [3.63, 3.8) is 0 Å². The second-order valence-corrected chi connectivity index (χ2v) is 3.59. The minimum absolute atomic E-state index is 0.143. The van der Waals surface area contributed by atoms with Crippen LogP contribution in [0.3, 0.4) is 0 Å². The highest BCUT2D eigenvalue weighted by Gasteiger charge is 2.24. The molecule has 1 rings (SSSR count). The summed E-state index contributed by atoms with van der Waals surface area (Å²) in [7, 11) is 0. The summed E-state index contributed by atoms with van der Waals surface area (Å²) in [4.78, 5) is 21.3. The molecule has 7 nitrogen and oxygen atoms in total. The fraction of sp³-hybridized carbons (Fsp3) is 0.273. The van der Waals surface area contributed by atoms with Crippen LogP contribution >= 0.6 is 0 Å². The van der Waals surface area contributed by atoms with Gasteiger partial charge in [-0.05, 0) is 6.07 Å². The molecular formula is C11H14N2O5. The number of aliphatic hydroxyl groups is 1. The Hall–Kier alpha value is -2.12. The Kier molecular flexibility index (Phi) is 4.64. The second-order valence-electron chi connectivity index (χ2n) is 3.59. The third kappa shape index (κ3) is 3.44. The molecule has 0 heterocycles. The molecule has 6 N–H and O–H groups in total. The van der Waals surface area contributed by atoms with Crippen molar-refractivity contribution >= 4 is 11.9 Å². The number of carboxylic acid groups (broad SMARTS) is 1. The van der Waals surface area contributed by atoms with Gasteiger partial charge < -0.3 is 26.4 Å². The number of carbonyl (C=O) groups is 2. The van der Waals surface area contributed by atoms with Crippen molar-refractivity contribution in [3.8, 4) is 5.75 Å². The van der Waals surface area contributed by atoms with Crippen LogP contribution in [0, 0.1) is 0 Å². The van der Waals surface area contributed by atoms with Crippen molar-refractivity contribution in [2.45, 2.75) is 12.1 Å². The van der Waals surface area contributed by atoms with E-state index in [0.717, 1.165) is 0 Å². The number of primary amides is 1. The first-order valence-electron chi connectivity index (χ1n) is 5.10. The van der Waals surface area contributed by atoms with Gasteiger partial charge in [-0.15, -0.1) is 0 Å². The number of amides is 1. The summed E-state index contributed by atoms with van der Waals surface area (Å²) in [6.45, 7) is -0.560. The lowest BCUT2D eigenvalue weighted by Crippen LogP contribution is -2.41. The molecule has 1 aromatic carbocycles. The Labute approximate surface area is 103 Å². The lowest BCUT2D eigenvalue weighted by Gasteiger charge is -2.18. The van der Waals surface area contributed by atoms with Gasteiger partial charge in [-0.2, -0.15) is 0 Å². The molecule has 7 heteroatoms. The van der Waals surface area contributed by atoms with Crippen LogP contribution in [0.15, 0.2) is 24.3 Å². The van der Waals surface area contributed by atoms with Gasteiger partial charge >= 0.3 is 5.97 Å². The summed E-state index contributed by atoms with van der Waals surface area (Å²) in [6.07, 6.45) is -1.35. The standard InChI is InChI=1S/C11H14N2O5/c12-9(11(13)17)10(16)6-3-1-2-4-7(6)18-5-8(14)15/h1-4,9-10,16H,5,12H2,(H2,13,17)(H,14,15). The third-order valence-corrected chi connectivity index (χ3v) is 2.26. The van der Waals surface area contributed by atoms with E-state index in [-0.39, 0.29) is 11.3 Å². The SMILES string of the molecule is NC(=O)C(N)C(O)c1ccccc1OCC(=O)O. The van der Waals surface area contributed by atoms with Gasteiger partial charge in [-0.3, -0.25) is 4.79 Å². The van der Waals surface area contributed by atoms with Crippen molar-refractivity contribution in [3.05, 3.63) is 29.8 Å². The number of carbonyl (C=O) groups excluding carboxylic acids is 1.